The van der Waals surface area contributed by atoms with Gasteiger partial charge >= 0.3 is 0 Å². The summed E-state index contributed by atoms with van der Waals surface area (Å²) in [7, 11) is 0. The predicted octanol–water partition coefficient (Wildman–Crippen LogP) is 5.50. The molecule has 0 amide bonds. The SMILES string of the molecule is CSc1cccc(Oc2cc(C)ccc2C(C)C)c1C#N. The van der Waals surface area contributed by atoms with E-state index in [0.717, 1.165) is 21.8 Å². The van der Waals surface area contributed by atoms with Crippen LogP contribution in [-0.4, -0.2) is 6.26 Å². The molecule has 2 aromatic carbocycles. The summed E-state index contributed by atoms with van der Waals surface area (Å²) in [6.07, 6.45) is 1.96. The lowest BCUT2D eigenvalue weighted by molar-refractivity contribution is 0.470. The summed E-state index contributed by atoms with van der Waals surface area (Å²) < 4.78 is 6.08. The van der Waals surface area contributed by atoms with E-state index in [4.69, 9.17) is 4.74 Å². The fraction of sp³-hybridized carbons (Fsp3) is 0.278. The maximum absolute atomic E-state index is 9.40. The molecule has 0 radical (unpaired) electrons. The maximum atomic E-state index is 9.40. The van der Waals surface area contributed by atoms with Gasteiger partial charge in [-0.1, -0.05) is 32.0 Å². The Balaban J connectivity index is 2.48. The van der Waals surface area contributed by atoms with Gasteiger partial charge in [0.05, 0.1) is 0 Å². The monoisotopic (exact) mass is 297 g/mol. The largest absolute Gasteiger partial charge is 0.456 e. The lowest BCUT2D eigenvalue weighted by Crippen LogP contribution is -1.96. The lowest BCUT2D eigenvalue weighted by atomic mass is 10.0. The minimum absolute atomic E-state index is 0.370. The molecule has 2 rings (SSSR count). The molecule has 0 aliphatic heterocycles. The van der Waals surface area contributed by atoms with Crippen LogP contribution >= 0.6 is 11.8 Å². The number of ether oxygens (including phenoxy) is 1. The number of nitrogens with zero attached hydrogens (tertiary/aromatic N) is 1. The topological polar surface area (TPSA) is 33.0 Å². The van der Waals surface area contributed by atoms with Crippen LogP contribution in [0.15, 0.2) is 41.3 Å². The average molecular weight is 297 g/mol. The molecular formula is C18H19NOS. The molecule has 108 valence electrons. The van der Waals surface area contributed by atoms with Crippen LogP contribution in [-0.2, 0) is 0 Å². The van der Waals surface area contributed by atoms with Crippen LogP contribution < -0.4 is 4.74 Å². The van der Waals surface area contributed by atoms with E-state index in [2.05, 4.69) is 32.0 Å². The van der Waals surface area contributed by atoms with Crippen LogP contribution in [0.3, 0.4) is 0 Å². The van der Waals surface area contributed by atoms with Crippen LogP contribution in [0.1, 0.15) is 36.5 Å². The molecule has 0 atom stereocenters. The fourth-order valence-electron chi connectivity index (χ4n) is 2.20. The normalized spacial score (nSPS) is 10.5. The first-order valence-corrected chi connectivity index (χ1v) is 8.14. The van der Waals surface area contributed by atoms with Gasteiger partial charge in [-0.2, -0.15) is 5.26 Å². The first-order chi connectivity index (χ1) is 10.1. The van der Waals surface area contributed by atoms with Gasteiger partial charge in [-0.25, -0.2) is 0 Å². The smallest absolute Gasteiger partial charge is 0.146 e. The van der Waals surface area contributed by atoms with Crippen LogP contribution in [0.4, 0.5) is 0 Å². The Morgan fingerprint density at radius 1 is 1.14 bits per heavy atom. The highest BCUT2D eigenvalue weighted by Crippen LogP contribution is 2.35. The van der Waals surface area contributed by atoms with Gasteiger partial charge in [0, 0.05) is 4.90 Å². The average Bonchev–Trinajstić information content (AvgIpc) is 2.46. The number of hydrogen-bond donors (Lipinski definition) is 0. The number of thioether (sulfide) groups is 1. The first-order valence-electron chi connectivity index (χ1n) is 6.92. The Labute approximate surface area is 130 Å². The second kappa shape index (κ2) is 6.69. The maximum Gasteiger partial charge on any atom is 0.146 e. The summed E-state index contributed by atoms with van der Waals surface area (Å²) in [4.78, 5) is 0.939. The number of nitriles is 1. The van der Waals surface area contributed by atoms with E-state index >= 15 is 0 Å². The van der Waals surface area contributed by atoms with E-state index in [1.165, 1.54) is 0 Å². The minimum atomic E-state index is 0.370. The highest BCUT2D eigenvalue weighted by atomic mass is 32.2. The van der Waals surface area contributed by atoms with Crippen molar-refractivity contribution in [3.8, 4) is 17.6 Å². The first kappa shape index (κ1) is 15.5. The highest BCUT2D eigenvalue weighted by molar-refractivity contribution is 7.98. The van der Waals surface area contributed by atoms with E-state index in [0.29, 0.717) is 17.2 Å². The lowest BCUT2D eigenvalue weighted by Gasteiger charge is -2.16. The third-order valence-electron chi connectivity index (χ3n) is 3.33. The molecule has 0 bridgehead atoms. The molecule has 0 saturated heterocycles. The number of benzene rings is 2. The fourth-order valence-corrected chi connectivity index (χ4v) is 2.77. The van der Waals surface area contributed by atoms with Crippen molar-refractivity contribution in [1.82, 2.24) is 0 Å². The number of hydrogen-bond acceptors (Lipinski definition) is 3. The molecule has 3 heteroatoms. The molecule has 2 nitrogen and oxygen atoms in total. The van der Waals surface area contributed by atoms with Crippen molar-refractivity contribution in [3.05, 3.63) is 53.1 Å². The van der Waals surface area contributed by atoms with Crippen molar-refractivity contribution >= 4 is 11.8 Å². The minimum Gasteiger partial charge on any atom is -0.456 e. The Morgan fingerprint density at radius 2 is 1.90 bits per heavy atom. The van der Waals surface area contributed by atoms with Crippen molar-refractivity contribution in [2.75, 3.05) is 6.26 Å². The molecule has 0 heterocycles. The van der Waals surface area contributed by atoms with Gasteiger partial charge in [0.1, 0.15) is 23.1 Å². The summed E-state index contributed by atoms with van der Waals surface area (Å²) >= 11 is 1.56. The molecule has 0 aliphatic rings. The standard InChI is InChI=1S/C18H19NOS/c1-12(2)14-9-8-13(3)10-17(14)20-16-6-5-7-18(21-4)15(16)11-19/h5-10,12H,1-4H3. The van der Waals surface area contributed by atoms with Gasteiger partial charge in [-0.3, -0.25) is 0 Å². The van der Waals surface area contributed by atoms with Gasteiger partial charge in [0.15, 0.2) is 0 Å². The highest BCUT2D eigenvalue weighted by Gasteiger charge is 2.13. The van der Waals surface area contributed by atoms with Crippen LogP contribution in [0.5, 0.6) is 11.5 Å². The van der Waals surface area contributed by atoms with Crippen LogP contribution in [0, 0.1) is 18.3 Å². The Kier molecular flexibility index (Phi) is 4.93. The summed E-state index contributed by atoms with van der Waals surface area (Å²) in [6, 6.07) is 14.2. The van der Waals surface area contributed by atoms with Gasteiger partial charge in [0.2, 0.25) is 0 Å². The molecule has 0 unspecified atom stereocenters. The van der Waals surface area contributed by atoms with Gasteiger partial charge < -0.3 is 4.74 Å². The summed E-state index contributed by atoms with van der Waals surface area (Å²) in [6.45, 7) is 6.32. The van der Waals surface area contributed by atoms with Crippen LogP contribution in [0.2, 0.25) is 0 Å². The molecule has 2 aromatic rings. The van der Waals surface area contributed by atoms with E-state index in [-0.39, 0.29) is 0 Å². The summed E-state index contributed by atoms with van der Waals surface area (Å²) in [5.41, 5.74) is 2.90. The molecule has 0 spiro atoms. The third-order valence-corrected chi connectivity index (χ3v) is 4.11. The van der Waals surface area contributed by atoms with E-state index in [1.807, 2.05) is 37.4 Å². The predicted molar refractivity (Wildman–Crippen MR) is 88.3 cm³/mol. The van der Waals surface area contributed by atoms with Gasteiger partial charge in [0.25, 0.3) is 0 Å². The second-order valence-corrected chi connectivity index (χ2v) is 6.09. The number of rotatable bonds is 4. The zero-order chi connectivity index (χ0) is 15.4. The number of aryl methyl sites for hydroxylation is 1. The molecule has 0 N–H and O–H groups in total. The van der Waals surface area contributed by atoms with Crippen molar-refractivity contribution in [2.24, 2.45) is 0 Å². The van der Waals surface area contributed by atoms with Crippen molar-refractivity contribution in [1.29, 1.82) is 5.26 Å². The van der Waals surface area contributed by atoms with Gasteiger partial charge in [-0.15, -0.1) is 11.8 Å². The molecule has 0 saturated carbocycles. The van der Waals surface area contributed by atoms with E-state index < -0.39 is 0 Å². The van der Waals surface area contributed by atoms with E-state index in [1.54, 1.807) is 11.8 Å². The Bertz CT molecular complexity index is 686. The molecule has 0 aromatic heterocycles. The molecule has 21 heavy (non-hydrogen) atoms. The quantitative estimate of drug-likeness (QED) is 0.698. The van der Waals surface area contributed by atoms with Crippen molar-refractivity contribution in [3.63, 3.8) is 0 Å². The van der Waals surface area contributed by atoms with Crippen molar-refractivity contribution < 1.29 is 4.74 Å². The molecular weight excluding hydrogens is 278 g/mol. The van der Waals surface area contributed by atoms with Gasteiger partial charge in [-0.05, 0) is 48.4 Å². The molecule has 0 aliphatic carbocycles. The zero-order valence-electron chi connectivity index (χ0n) is 12.8. The Morgan fingerprint density at radius 3 is 2.52 bits per heavy atom. The second-order valence-electron chi connectivity index (χ2n) is 5.24. The summed E-state index contributed by atoms with van der Waals surface area (Å²) in [5, 5.41) is 9.40. The summed E-state index contributed by atoms with van der Waals surface area (Å²) in [5.74, 6) is 1.83. The van der Waals surface area contributed by atoms with Crippen LogP contribution in [0.25, 0.3) is 0 Å². The third kappa shape index (κ3) is 3.40. The molecule has 0 fully saturated rings. The van der Waals surface area contributed by atoms with Crippen molar-refractivity contribution in [2.45, 2.75) is 31.6 Å². The zero-order valence-corrected chi connectivity index (χ0v) is 13.6. The van der Waals surface area contributed by atoms with E-state index in [9.17, 15) is 5.26 Å². The Hall–Kier alpha value is -1.92.